The Morgan fingerprint density at radius 2 is 2.07 bits per heavy atom. The molecule has 0 aromatic carbocycles. The van der Waals surface area contributed by atoms with Crippen LogP contribution < -0.4 is 0 Å². The van der Waals surface area contributed by atoms with E-state index in [-0.39, 0.29) is 5.60 Å². The van der Waals surface area contributed by atoms with Crippen molar-refractivity contribution in [2.45, 2.75) is 31.3 Å². The first-order chi connectivity index (χ1) is 6.85. The highest BCUT2D eigenvalue weighted by Crippen LogP contribution is 2.35. The summed E-state index contributed by atoms with van der Waals surface area (Å²) in [5, 5.41) is 0. The Morgan fingerprint density at radius 1 is 1.29 bits per heavy atom. The molecule has 0 aromatic heterocycles. The topological polar surface area (TPSA) is 21.7 Å². The Labute approximate surface area is 86.4 Å². The third kappa shape index (κ3) is 2.27. The lowest BCUT2D eigenvalue weighted by molar-refractivity contribution is -0.0459. The molecule has 2 rings (SSSR count). The molecule has 0 radical (unpaired) electrons. The summed E-state index contributed by atoms with van der Waals surface area (Å²) in [4.78, 5) is 2.48. The van der Waals surface area contributed by atoms with E-state index >= 15 is 0 Å². The van der Waals surface area contributed by atoms with Gasteiger partial charge in [-0.25, -0.2) is 0 Å². The first-order valence-electron chi connectivity index (χ1n) is 5.70. The van der Waals surface area contributed by atoms with Gasteiger partial charge in [0.15, 0.2) is 0 Å². The smallest absolute Gasteiger partial charge is 0.0707 e. The molecule has 0 amide bonds. The van der Waals surface area contributed by atoms with Crippen LogP contribution in [0.4, 0.5) is 0 Å². The van der Waals surface area contributed by atoms with Crippen molar-refractivity contribution in [2.75, 3.05) is 40.0 Å². The summed E-state index contributed by atoms with van der Waals surface area (Å²) in [5.74, 6) is 0. The minimum atomic E-state index is 0.267. The van der Waals surface area contributed by atoms with Crippen LogP contribution in [0.3, 0.4) is 0 Å². The summed E-state index contributed by atoms with van der Waals surface area (Å²) in [6.45, 7) is 5.28. The molecule has 0 aromatic rings. The molecule has 14 heavy (non-hydrogen) atoms. The van der Waals surface area contributed by atoms with Gasteiger partial charge < -0.3 is 14.4 Å². The van der Waals surface area contributed by atoms with Crippen LogP contribution in [0.1, 0.15) is 25.7 Å². The maximum absolute atomic E-state index is 5.88. The zero-order valence-electron chi connectivity index (χ0n) is 9.13. The highest BCUT2D eigenvalue weighted by Gasteiger charge is 2.37. The van der Waals surface area contributed by atoms with Gasteiger partial charge >= 0.3 is 0 Å². The van der Waals surface area contributed by atoms with Crippen molar-refractivity contribution in [2.24, 2.45) is 0 Å². The zero-order valence-corrected chi connectivity index (χ0v) is 9.13. The van der Waals surface area contributed by atoms with Gasteiger partial charge in [-0.15, -0.1) is 0 Å². The highest BCUT2D eigenvalue weighted by molar-refractivity contribution is 4.90. The monoisotopic (exact) mass is 199 g/mol. The van der Waals surface area contributed by atoms with Gasteiger partial charge in [0.05, 0.1) is 12.2 Å². The summed E-state index contributed by atoms with van der Waals surface area (Å²) in [6, 6.07) is 0. The molecule has 0 atom stereocenters. The number of likely N-dealkylation sites (tertiary alicyclic amines) is 1. The zero-order chi connectivity index (χ0) is 9.86. The Morgan fingerprint density at radius 3 is 2.64 bits per heavy atom. The van der Waals surface area contributed by atoms with E-state index < -0.39 is 0 Å². The van der Waals surface area contributed by atoms with Crippen LogP contribution >= 0.6 is 0 Å². The fraction of sp³-hybridized carbons (Fsp3) is 1.00. The number of rotatable bonds is 3. The van der Waals surface area contributed by atoms with Crippen molar-refractivity contribution in [3.8, 4) is 0 Å². The van der Waals surface area contributed by atoms with Crippen molar-refractivity contribution in [1.29, 1.82) is 0 Å². The summed E-state index contributed by atoms with van der Waals surface area (Å²) in [7, 11) is 1.77. The average molecular weight is 199 g/mol. The summed E-state index contributed by atoms with van der Waals surface area (Å²) in [6.07, 6.45) is 4.98. The lowest BCUT2D eigenvalue weighted by Gasteiger charge is -2.38. The third-order valence-corrected chi connectivity index (χ3v) is 3.56. The second-order valence-corrected chi connectivity index (χ2v) is 4.47. The first kappa shape index (κ1) is 10.4. The lowest BCUT2D eigenvalue weighted by Crippen LogP contribution is -2.44. The minimum absolute atomic E-state index is 0.267. The summed E-state index contributed by atoms with van der Waals surface area (Å²) < 4.78 is 11.0. The number of hydrogen-bond donors (Lipinski definition) is 0. The van der Waals surface area contributed by atoms with Crippen LogP contribution in [0.15, 0.2) is 0 Å². The van der Waals surface area contributed by atoms with Crippen LogP contribution in [-0.2, 0) is 9.47 Å². The first-order valence-corrected chi connectivity index (χ1v) is 5.70. The van der Waals surface area contributed by atoms with Crippen LogP contribution in [0.2, 0.25) is 0 Å². The van der Waals surface area contributed by atoms with Gasteiger partial charge in [-0.2, -0.15) is 0 Å². The summed E-state index contributed by atoms with van der Waals surface area (Å²) in [5.41, 5.74) is 0.267. The van der Waals surface area contributed by atoms with E-state index in [9.17, 15) is 0 Å². The molecular weight excluding hydrogens is 178 g/mol. The lowest BCUT2D eigenvalue weighted by atomic mass is 9.89. The van der Waals surface area contributed by atoms with Crippen molar-refractivity contribution in [3.05, 3.63) is 0 Å². The van der Waals surface area contributed by atoms with E-state index in [0.29, 0.717) is 0 Å². The Hall–Kier alpha value is -0.120. The van der Waals surface area contributed by atoms with E-state index in [1.165, 1.54) is 38.8 Å². The van der Waals surface area contributed by atoms with Crippen molar-refractivity contribution in [1.82, 2.24) is 4.90 Å². The molecule has 3 heteroatoms. The Balaban J connectivity index is 1.74. The molecule has 3 nitrogen and oxygen atoms in total. The molecule has 0 saturated carbocycles. The summed E-state index contributed by atoms with van der Waals surface area (Å²) >= 11 is 0. The normalized spacial score (nSPS) is 27.2. The second kappa shape index (κ2) is 4.60. The van der Waals surface area contributed by atoms with Crippen molar-refractivity contribution in [3.63, 3.8) is 0 Å². The number of ether oxygens (including phenoxy) is 2. The number of nitrogens with zero attached hydrogens (tertiary/aromatic N) is 1. The van der Waals surface area contributed by atoms with E-state index in [2.05, 4.69) is 4.90 Å². The van der Waals surface area contributed by atoms with E-state index in [4.69, 9.17) is 9.47 Å². The minimum Gasteiger partial charge on any atom is -0.383 e. The second-order valence-electron chi connectivity index (χ2n) is 4.47. The Bertz CT molecular complexity index is 168. The molecule has 2 aliphatic heterocycles. The molecule has 0 N–H and O–H groups in total. The molecule has 2 fully saturated rings. The van der Waals surface area contributed by atoms with E-state index in [1.54, 1.807) is 7.11 Å². The number of methoxy groups -OCH3 is 1. The molecule has 0 aliphatic carbocycles. The quantitative estimate of drug-likeness (QED) is 0.683. The van der Waals surface area contributed by atoms with Crippen LogP contribution in [0.5, 0.6) is 0 Å². The van der Waals surface area contributed by atoms with Gasteiger partial charge in [-0.05, 0) is 25.7 Å². The highest BCUT2D eigenvalue weighted by atomic mass is 16.5. The third-order valence-electron chi connectivity index (χ3n) is 3.56. The molecule has 0 unspecified atom stereocenters. The van der Waals surface area contributed by atoms with Gasteiger partial charge in [-0.3, -0.25) is 0 Å². The van der Waals surface area contributed by atoms with Gasteiger partial charge in [0.2, 0.25) is 0 Å². The standard InChI is InChI=1S/C11H21NO2/c1-13-10-8-12-6-4-11(5-7-12)3-2-9-14-11/h2-10H2,1H3. The largest absolute Gasteiger partial charge is 0.383 e. The number of piperidine rings is 1. The molecule has 2 saturated heterocycles. The van der Waals surface area contributed by atoms with Gasteiger partial charge in [0.1, 0.15) is 0 Å². The van der Waals surface area contributed by atoms with Crippen molar-refractivity contribution < 1.29 is 9.47 Å². The molecule has 2 heterocycles. The SMILES string of the molecule is COCCN1CCC2(CCCO2)CC1. The van der Waals surface area contributed by atoms with E-state index in [1.807, 2.05) is 0 Å². The van der Waals surface area contributed by atoms with Crippen LogP contribution in [0, 0.1) is 0 Å². The molecule has 0 bridgehead atoms. The fourth-order valence-corrected chi connectivity index (χ4v) is 2.55. The van der Waals surface area contributed by atoms with Gasteiger partial charge in [-0.1, -0.05) is 0 Å². The average Bonchev–Trinajstić information content (AvgIpc) is 2.66. The van der Waals surface area contributed by atoms with E-state index in [0.717, 1.165) is 19.8 Å². The number of hydrogen-bond acceptors (Lipinski definition) is 3. The maximum atomic E-state index is 5.88. The Kier molecular flexibility index (Phi) is 3.42. The van der Waals surface area contributed by atoms with Crippen LogP contribution in [0.25, 0.3) is 0 Å². The molecule has 1 spiro atoms. The van der Waals surface area contributed by atoms with Gasteiger partial charge in [0.25, 0.3) is 0 Å². The molecular formula is C11H21NO2. The fourth-order valence-electron chi connectivity index (χ4n) is 2.55. The molecule has 2 aliphatic rings. The van der Waals surface area contributed by atoms with Crippen LogP contribution in [-0.4, -0.2) is 50.5 Å². The predicted octanol–water partition coefficient (Wildman–Crippen LogP) is 1.28. The molecule has 82 valence electrons. The maximum Gasteiger partial charge on any atom is 0.0707 e. The van der Waals surface area contributed by atoms with Gasteiger partial charge in [0, 0.05) is 33.4 Å². The predicted molar refractivity (Wildman–Crippen MR) is 55.5 cm³/mol. The van der Waals surface area contributed by atoms with Crippen molar-refractivity contribution >= 4 is 0 Å².